The molecular weight excluding hydrogens is 214 g/mol. The van der Waals surface area contributed by atoms with Crippen LogP contribution in [0.25, 0.3) is 0 Å². The molecule has 0 saturated heterocycles. The number of allylic oxidation sites excluding steroid dienone is 4. The summed E-state index contributed by atoms with van der Waals surface area (Å²) in [6.45, 7) is 3.44. The zero-order valence-corrected chi connectivity index (χ0v) is 9.81. The fourth-order valence-corrected chi connectivity index (χ4v) is 1.76. The summed E-state index contributed by atoms with van der Waals surface area (Å²) in [6, 6.07) is 8.95. The van der Waals surface area contributed by atoms with Crippen LogP contribution in [0.3, 0.4) is 0 Å². The first-order valence-corrected chi connectivity index (χ1v) is 5.40. The average molecular weight is 227 g/mol. The molecule has 0 radical (unpaired) electrons. The first-order valence-electron chi connectivity index (χ1n) is 5.40. The summed E-state index contributed by atoms with van der Waals surface area (Å²) in [5.41, 5.74) is 2.24. The number of carbonyl (C=O) groups excluding carboxylic acids is 1. The maximum atomic E-state index is 12.1. The van der Waals surface area contributed by atoms with E-state index in [9.17, 15) is 10.0 Å². The molecule has 17 heavy (non-hydrogen) atoms. The van der Waals surface area contributed by atoms with E-state index < -0.39 is 0 Å². The van der Waals surface area contributed by atoms with Gasteiger partial charge in [0.05, 0.1) is 0 Å². The van der Waals surface area contributed by atoms with Crippen molar-refractivity contribution in [2.45, 2.75) is 13.8 Å². The number of rotatable bonds is 1. The predicted octanol–water partition coefficient (Wildman–Crippen LogP) is 2.74. The van der Waals surface area contributed by atoms with E-state index in [1.165, 1.54) is 0 Å². The summed E-state index contributed by atoms with van der Waals surface area (Å²) in [4.78, 5) is 11.6. The Kier molecular flexibility index (Phi) is 2.91. The normalized spacial score (nSPS) is 15.4. The van der Waals surface area contributed by atoms with E-state index >= 15 is 0 Å². The summed E-state index contributed by atoms with van der Waals surface area (Å²) >= 11 is 0. The highest BCUT2D eigenvalue weighted by molar-refractivity contribution is 6.20. The minimum atomic E-state index is -0.00443. The number of benzene rings is 1. The van der Waals surface area contributed by atoms with Crippen molar-refractivity contribution in [3.63, 3.8) is 0 Å². The second-order valence-corrected chi connectivity index (χ2v) is 4.04. The Balaban J connectivity index is 2.50. The topological polar surface area (TPSA) is 43.1 Å². The van der Waals surface area contributed by atoms with Gasteiger partial charge >= 0.3 is 0 Å². The molecule has 1 aromatic carbocycles. The number of carbonyl (C=O) groups is 1. The molecule has 0 atom stereocenters. The van der Waals surface area contributed by atoms with Crippen molar-refractivity contribution in [2.24, 2.45) is 0 Å². The third-order valence-corrected chi connectivity index (χ3v) is 2.67. The molecule has 0 heterocycles. The largest absolute Gasteiger partial charge is 0.618 e. The van der Waals surface area contributed by atoms with Crippen LogP contribution in [0.5, 0.6) is 0 Å². The number of Topliss-reactive ketones (excluding diaryl/α,β-unsaturated/α-hetero) is 1. The van der Waals surface area contributed by atoms with Crippen LogP contribution < -0.4 is 0 Å². The van der Waals surface area contributed by atoms with Crippen molar-refractivity contribution in [1.29, 1.82) is 0 Å². The average Bonchev–Trinajstić information content (AvgIpc) is 2.35. The fraction of sp³-hybridized carbons (Fsp3) is 0.143. The third-order valence-electron chi connectivity index (χ3n) is 2.67. The van der Waals surface area contributed by atoms with E-state index in [1.807, 2.05) is 18.2 Å². The van der Waals surface area contributed by atoms with E-state index in [2.05, 4.69) is 0 Å². The molecular formula is C14H13NO2. The van der Waals surface area contributed by atoms with Gasteiger partial charge in [0.2, 0.25) is 11.4 Å². The Morgan fingerprint density at radius 3 is 2.06 bits per heavy atom. The molecule has 1 aromatic rings. The lowest BCUT2D eigenvalue weighted by atomic mass is 9.98. The summed E-state index contributed by atoms with van der Waals surface area (Å²) < 4.78 is 0.833. The molecule has 0 aromatic heterocycles. The maximum absolute atomic E-state index is 12.1. The van der Waals surface area contributed by atoms with Gasteiger partial charge in [0.1, 0.15) is 0 Å². The molecule has 1 aliphatic rings. The molecule has 0 unspecified atom stereocenters. The second kappa shape index (κ2) is 4.37. The lowest BCUT2D eigenvalue weighted by Gasteiger charge is -2.10. The highest BCUT2D eigenvalue weighted by Gasteiger charge is 2.18. The standard InChI is InChI=1S/C14H13NO2/c1-10-8-13(9-11(2)14(10)16)15(17)12-6-4-3-5-7-12/h3-9H,1-2H3. The van der Waals surface area contributed by atoms with Crippen LogP contribution in [0.2, 0.25) is 0 Å². The van der Waals surface area contributed by atoms with Gasteiger partial charge in [0.15, 0.2) is 5.78 Å². The fourth-order valence-electron chi connectivity index (χ4n) is 1.76. The summed E-state index contributed by atoms with van der Waals surface area (Å²) in [7, 11) is 0. The smallest absolute Gasteiger partial charge is 0.217 e. The van der Waals surface area contributed by atoms with Gasteiger partial charge in [-0.05, 0) is 13.8 Å². The highest BCUT2D eigenvalue weighted by atomic mass is 16.5. The number of para-hydroxylation sites is 1. The first kappa shape index (κ1) is 11.3. The summed E-state index contributed by atoms with van der Waals surface area (Å²) in [6.07, 6.45) is 3.24. The summed E-state index contributed by atoms with van der Waals surface area (Å²) in [5.74, 6) is -0.00443. The van der Waals surface area contributed by atoms with Crippen LogP contribution in [0.4, 0.5) is 5.69 Å². The molecule has 0 saturated carbocycles. The van der Waals surface area contributed by atoms with Gasteiger partial charge in [-0.2, -0.15) is 4.74 Å². The van der Waals surface area contributed by atoms with Crippen molar-refractivity contribution in [3.05, 3.63) is 58.8 Å². The first-order chi connectivity index (χ1) is 8.09. The molecule has 0 fully saturated rings. The Morgan fingerprint density at radius 2 is 1.53 bits per heavy atom. The van der Waals surface area contributed by atoms with Gasteiger partial charge in [-0.25, -0.2) is 0 Å². The molecule has 0 bridgehead atoms. The van der Waals surface area contributed by atoms with E-state index in [-0.39, 0.29) is 5.78 Å². The highest BCUT2D eigenvalue weighted by Crippen LogP contribution is 2.16. The van der Waals surface area contributed by atoms with E-state index in [1.54, 1.807) is 38.1 Å². The Morgan fingerprint density at radius 1 is 1.00 bits per heavy atom. The molecule has 3 nitrogen and oxygen atoms in total. The van der Waals surface area contributed by atoms with E-state index in [0.717, 1.165) is 4.74 Å². The molecule has 1 aliphatic carbocycles. The van der Waals surface area contributed by atoms with Crippen molar-refractivity contribution >= 4 is 17.2 Å². The Labute approximate surface area is 100.0 Å². The van der Waals surface area contributed by atoms with Gasteiger partial charge in [-0.3, -0.25) is 4.79 Å². The Hall–Kier alpha value is -2.16. The Bertz CT molecular complexity index is 527. The third kappa shape index (κ3) is 2.18. The zero-order chi connectivity index (χ0) is 12.4. The summed E-state index contributed by atoms with van der Waals surface area (Å²) in [5, 5.41) is 12.1. The second-order valence-electron chi connectivity index (χ2n) is 4.04. The molecule has 86 valence electrons. The van der Waals surface area contributed by atoms with Gasteiger partial charge in [-0.1, -0.05) is 18.2 Å². The lowest BCUT2D eigenvalue weighted by Crippen LogP contribution is -2.16. The molecule has 2 rings (SSSR count). The SMILES string of the molecule is CC1=CC(=[N+]([O-])c2ccccc2)C=C(C)C1=O. The van der Waals surface area contributed by atoms with Crippen molar-refractivity contribution in [3.8, 4) is 0 Å². The van der Waals surface area contributed by atoms with E-state index in [4.69, 9.17) is 0 Å². The van der Waals surface area contributed by atoms with Crippen LogP contribution in [-0.4, -0.2) is 16.2 Å². The minimum Gasteiger partial charge on any atom is -0.618 e. The number of hydrogen-bond donors (Lipinski definition) is 0. The van der Waals surface area contributed by atoms with Crippen LogP contribution in [0.1, 0.15) is 13.8 Å². The van der Waals surface area contributed by atoms with Crippen molar-refractivity contribution < 1.29 is 9.53 Å². The van der Waals surface area contributed by atoms with Crippen LogP contribution in [0.15, 0.2) is 53.6 Å². The predicted molar refractivity (Wildman–Crippen MR) is 67.3 cm³/mol. The minimum absolute atomic E-state index is 0.00443. The monoisotopic (exact) mass is 227 g/mol. The van der Waals surface area contributed by atoms with Gasteiger partial charge in [0.25, 0.3) is 0 Å². The van der Waals surface area contributed by atoms with Crippen molar-refractivity contribution in [2.75, 3.05) is 0 Å². The number of hydrogen-bond acceptors (Lipinski definition) is 2. The molecule has 0 N–H and O–H groups in total. The molecule has 3 heteroatoms. The van der Waals surface area contributed by atoms with Gasteiger partial charge in [-0.15, -0.1) is 0 Å². The number of ketones is 1. The zero-order valence-electron chi connectivity index (χ0n) is 9.81. The lowest BCUT2D eigenvalue weighted by molar-refractivity contribution is -0.358. The quantitative estimate of drug-likeness (QED) is 0.320. The van der Waals surface area contributed by atoms with Gasteiger partial charge in [0, 0.05) is 35.4 Å². The van der Waals surface area contributed by atoms with Crippen LogP contribution in [-0.2, 0) is 4.79 Å². The molecule has 0 spiro atoms. The van der Waals surface area contributed by atoms with Crippen LogP contribution in [0, 0.1) is 5.21 Å². The van der Waals surface area contributed by atoms with Crippen LogP contribution >= 0.6 is 0 Å². The van der Waals surface area contributed by atoms with E-state index in [0.29, 0.717) is 22.5 Å². The maximum Gasteiger partial charge on any atom is 0.217 e. The molecule has 0 amide bonds. The van der Waals surface area contributed by atoms with Gasteiger partial charge < -0.3 is 5.21 Å². The van der Waals surface area contributed by atoms with Crippen molar-refractivity contribution in [1.82, 2.24) is 0 Å². The molecule has 0 aliphatic heterocycles. The number of nitrogens with zero attached hydrogens (tertiary/aromatic N) is 1.